The summed E-state index contributed by atoms with van der Waals surface area (Å²) in [5.74, 6) is -0.317. The molecular formula is C19H26N2O5. The Morgan fingerprint density at radius 3 is 2.65 bits per heavy atom. The van der Waals surface area contributed by atoms with Gasteiger partial charge in [-0.3, -0.25) is 0 Å². The maximum absolute atomic E-state index is 12.5. The number of nitrogens with zero attached hydrogens (tertiary/aromatic N) is 2. The second-order valence-corrected chi connectivity index (χ2v) is 8.01. The van der Waals surface area contributed by atoms with Gasteiger partial charge >= 0.3 is 12.1 Å². The van der Waals surface area contributed by atoms with Gasteiger partial charge in [0.1, 0.15) is 12.2 Å². The van der Waals surface area contributed by atoms with Gasteiger partial charge in [-0.25, -0.2) is 9.59 Å². The number of carbonyl (C=O) groups excluding carboxylic acids is 2. The monoisotopic (exact) mass is 362 g/mol. The first-order valence-electron chi connectivity index (χ1n) is 8.83. The fourth-order valence-corrected chi connectivity index (χ4v) is 3.52. The molecule has 2 heterocycles. The minimum Gasteiger partial charge on any atom is -0.457 e. The van der Waals surface area contributed by atoms with Gasteiger partial charge in [0, 0.05) is 18.7 Å². The molecule has 0 spiro atoms. The van der Waals surface area contributed by atoms with Crippen LogP contribution in [0.1, 0.15) is 60.8 Å². The number of hydrogen-bond acceptors (Lipinski definition) is 6. The Kier molecular flexibility index (Phi) is 4.71. The average Bonchev–Trinajstić information content (AvgIpc) is 2.91. The van der Waals surface area contributed by atoms with E-state index in [1.807, 2.05) is 40.7 Å². The van der Waals surface area contributed by atoms with E-state index in [1.165, 1.54) is 5.06 Å². The zero-order valence-electron chi connectivity index (χ0n) is 15.9. The van der Waals surface area contributed by atoms with Crippen LogP contribution in [0.2, 0.25) is 0 Å². The van der Waals surface area contributed by atoms with Crippen LogP contribution < -0.4 is 0 Å². The quantitative estimate of drug-likeness (QED) is 0.774. The molecule has 0 aliphatic carbocycles. The molecule has 2 aliphatic rings. The van der Waals surface area contributed by atoms with E-state index in [2.05, 4.69) is 0 Å². The summed E-state index contributed by atoms with van der Waals surface area (Å²) in [7, 11) is 0. The molecule has 1 amide bonds. The van der Waals surface area contributed by atoms with Crippen LogP contribution in [0.4, 0.5) is 4.79 Å². The van der Waals surface area contributed by atoms with Crippen LogP contribution in [-0.2, 0) is 16.1 Å². The largest absolute Gasteiger partial charge is 0.457 e. The van der Waals surface area contributed by atoms with Gasteiger partial charge in [0.2, 0.25) is 0 Å². The number of amides is 1. The lowest BCUT2D eigenvalue weighted by molar-refractivity contribution is -0.185. The van der Waals surface area contributed by atoms with Crippen molar-refractivity contribution in [3.05, 3.63) is 34.4 Å². The molecule has 1 N–H and O–H groups in total. The first-order chi connectivity index (χ1) is 12.1. The zero-order chi connectivity index (χ0) is 19.2. The van der Waals surface area contributed by atoms with Crippen molar-refractivity contribution in [1.29, 1.82) is 0 Å². The van der Waals surface area contributed by atoms with Crippen molar-refractivity contribution in [2.45, 2.75) is 58.9 Å². The van der Waals surface area contributed by atoms with E-state index in [0.717, 1.165) is 16.7 Å². The summed E-state index contributed by atoms with van der Waals surface area (Å²) < 4.78 is 10.6. The van der Waals surface area contributed by atoms with E-state index in [0.29, 0.717) is 18.7 Å². The highest BCUT2D eigenvalue weighted by Gasteiger charge is 2.38. The molecule has 0 aromatic heterocycles. The Labute approximate surface area is 153 Å². The maximum Gasteiger partial charge on any atom is 0.410 e. The maximum atomic E-state index is 12.5. The molecular weight excluding hydrogens is 336 g/mol. The molecule has 1 fully saturated rings. The van der Waals surface area contributed by atoms with Gasteiger partial charge in [0.15, 0.2) is 0 Å². The Morgan fingerprint density at radius 1 is 1.31 bits per heavy atom. The lowest BCUT2D eigenvalue weighted by Crippen LogP contribution is -2.54. The summed E-state index contributed by atoms with van der Waals surface area (Å²) >= 11 is 0. The molecule has 1 saturated heterocycles. The van der Waals surface area contributed by atoms with Gasteiger partial charge in [-0.05, 0) is 51.8 Å². The van der Waals surface area contributed by atoms with Crippen molar-refractivity contribution in [3.63, 3.8) is 0 Å². The molecule has 1 unspecified atom stereocenters. The Hall–Kier alpha value is -2.12. The summed E-state index contributed by atoms with van der Waals surface area (Å²) in [4.78, 5) is 25.9. The van der Waals surface area contributed by atoms with Crippen molar-refractivity contribution in [2.75, 3.05) is 13.1 Å². The molecule has 3 rings (SSSR count). The molecule has 0 bridgehead atoms. The summed E-state index contributed by atoms with van der Waals surface area (Å²) in [6.07, 6.45) is -0.389. The molecule has 1 aromatic carbocycles. The van der Waals surface area contributed by atoms with Gasteiger partial charge < -0.3 is 19.6 Å². The molecule has 0 radical (unpaired) electrons. The second-order valence-electron chi connectivity index (χ2n) is 8.01. The Morgan fingerprint density at radius 2 is 2.00 bits per heavy atom. The number of hydroxylamine groups is 2. The number of esters is 1. The van der Waals surface area contributed by atoms with Crippen molar-refractivity contribution >= 4 is 12.1 Å². The first kappa shape index (κ1) is 18.7. The minimum atomic E-state index is -0.576. The third-order valence-electron chi connectivity index (χ3n) is 4.87. The normalized spacial score (nSPS) is 23.6. The summed E-state index contributed by atoms with van der Waals surface area (Å²) in [5.41, 5.74) is 2.64. The SMILES string of the molecule is Cc1c(C2CN(C(=O)OC(C)(C)C)C[C@@H](C)N2O)ccc2c1COC2=O. The van der Waals surface area contributed by atoms with E-state index < -0.39 is 11.6 Å². The molecule has 2 atom stereocenters. The van der Waals surface area contributed by atoms with E-state index in [9.17, 15) is 14.8 Å². The number of hydrogen-bond donors (Lipinski definition) is 1. The highest BCUT2D eigenvalue weighted by Crippen LogP contribution is 2.34. The van der Waals surface area contributed by atoms with Gasteiger partial charge in [0.25, 0.3) is 0 Å². The fraction of sp³-hybridized carbons (Fsp3) is 0.579. The smallest absolute Gasteiger partial charge is 0.410 e. The predicted octanol–water partition coefficient (Wildman–Crippen LogP) is 3.04. The molecule has 1 aromatic rings. The lowest BCUT2D eigenvalue weighted by atomic mass is 9.92. The summed E-state index contributed by atoms with van der Waals surface area (Å²) in [6.45, 7) is 10.2. The molecule has 7 nitrogen and oxygen atoms in total. The Bertz CT molecular complexity index is 740. The standard InChI is InChI=1S/C19H26N2O5/c1-11-8-20(18(23)26-19(3,4)5)9-16(21(11)24)13-6-7-14-15(12(13)2)10-25-17(14)22/h6-7,11,16,24H,8-10H2,1-5H3/t11-,16?/m1/s1. The summed E-state index contributed by atoms with van der Waals surface area (Å²) in [6, 6.07) is 2.93. The summed E-state index contributed by atoms with van der Waals surface area (Å²) in [5, 5.41) is 11.9. The van der Waals surface area contributed by atoms with Crippen LogP contribution in [0.15, 0.2) is 12.1 Å². The highest BCUT2D eigenvalue weighted by atomic mass is 16.6. The molecule has 142 valence electrons. The van der Waals surface area contributed by atoms with Crippen LogP contribution >= 0.6 is 0 Å². The van der Waals surface area contributed by atoms with E-state index in [4.69, 9.17) is 9.47 Å². The third-order valence-corrected chi connectivity index (χ3v) is 4.87. The van der Waals surface area contributed by atoms with Crippen LogP contribution in [0.3, 0.4) is 0 Å². The van der Waals surface area contributed by atoms with E-state index in [-0.39, 0.29) is 24.7 Å². The van der Waals surface area contributed by atoms with Gasteiger partial charge in [-0.2, -0.15) is 5.06 Å². The number of piperazine rings is 1. The predicted molar refractivity (Wildman–Crippen MR) is 93.9 cm³/mol. The second kappa shape index (κ2) is 6.55. The van der Waals surface area contributed by atoms with Crippen molar-refractivity contribution in [3.8, 4) is 0 Å². The van der Waals surface area contributed by atoms with Gasteiger partial charge in [0.05, 0.1) is 17.6 Å². The van der Waals surface area contributed by atoms with E-state index in [1.54, 1.807) is 11.0 Å². The average molecular weight is 362 g/mol. The van der Waals surface area contributed by atoms with Crippen LogP contribution in [0, 0.1) is 6.92 Å². The van der Waals surface area contributed by atoms with Gasteiger partial charge in [-0.1, -0.05) is 6.07 Å². The molecule has 2 aliphatic heterocycles. The highest BCUT2D eigenvalue weighted by molar-refractivity contribution is 5.94. The fourth-order valence-electron chi connectivity index (χ4n) is 3.52. The number of carbonyl (C=O) groups is 2. The van der Waals surface area contributed by atoms with Gasteiger partial charge in [-0.15, -0.1) is 0 Å². The molecule has 7 heteroatoms. The van der Waals surface area contributed by atoms with Crippen LogP contribution in [0.25, 0.3) is 0 Å². The third kappa shape index (κ3) is 3.41. The van der Waals surface area contributed by atoms with Crippen molar-refractivity contribution in [1.82, 2.24) is 9.96 Å². The number of cyclic esters (lactones) is 1. The number of ether oxygens (including phenoxy) is 2. The minimum absolute atomic E-state index is 0.244. The topological polar surface area (TPSA) is 79.3 Å². The van der Waals surface area contributed by atoms with Crippen LogP contribution in [0.5, 0.6) is 0 Å². The zero-order valence-corrected chi connectivity index (χ0v) is 15.9. The number of benzene rings is 1. The number of rotatable bonds is 1. The lowest BCUT2D eigenvalue weighted by Gasteiger charge is -2.43. The molecule has 0 saturated carbocycles. The van der Waals surface area contributed by atoms with Crippen molar-refractivity contribution in [2.24, 2.45) is 0 Å². The number of fused-ring (bicyclic) bond motifs is 1. The molecule has 26 heavy (non-hydrogen) atoms. The van der Waals surface area contributed by atoms with Crippen LogP contribution in [-0.4, -0.2) is 52.0 Å². The first-order valence-corrected chi connectivity index (χ1v) is 8.83. The van der Waals surface area contributed by atoms with Crippen molar-refractivity contribution < 1.29 is 24.3 Å². The van der Waals surface area contributed by atoms with E-state index >= 15 is 0 Å². The Balaban J connectivity index is 1.89.